The summed E-state index contributed by atoms with van der Waals surface area (Å²) in [6.45, 7) is 2.57. The maximum absolute atomic E-state index is 12.3. The molecule has 7 nitrogen and oxygen atoms in total. The van der Waals surface area contributed by atoms with Gasteiger partial charge in [-0.15, -0.1) is 5.10 Å². The normalized spacial score (nSPS) is 14.9. The van der Waals surface area contributed by atoms with Crippen molar-refractivity contribution in [1.29, 1.82) is 0 Å². The van der Waals surface area contributed by atoms with Crippen LogP contribution in [0.25, 0.3) is 0 Å². The van der Waals surface area contributed by atoms with E-state index in [2.05, 4.69) is 50.0 Å². The van der Waals surface area contributed by atoms with Gasteiger partial charge in [-0.2, -0.15) is 0 Å². The maximum atomic E-state index is 12.3. The maximum Gasteiger partial charge on any atom is 0.233 e. The molecule has 1 aliphatic carbocycles. The number of thioether (sulfide) groups is 1. The third-order valence-electron chi connectivity index (χ3n) is 4.40. The molecule has 1 fully saturated rings. The van der Waals surface area contributed by atoms with Crippen LogP contribution in [0.1, 0.15) is 37.8 Å². The Morgan fingerprint density at radius 1 is 1.35 bits per heavy atom. The highest BCUT2D eigenvalue weighted by Gasteiger charge is 2.29. The quantitative estimate of drug-likeness (QED) is 0.536. The van der Waals surface area contributed by atoms with Gasteiger partial charge < -0.3 is 10.2 Å². The van der Waals surface area contributed by atoms with E-state index in [0.717, 1.165) is 30.8 Å². The van der Waals surface area contributed by atoms with E-state index in [9.17, 15) is 4.79 Å². The molecule has 0 radical (unpaired) electrons. The fourth-order valence-electron chi connectivity index (χ4n) is 2.63. The van der Waals surface area contributed by atoms with Crippen molar-refractivity contribution in [2.24, 2.45) is 0 Å². The molecule has 1 N–H and O–H groups in total. The molecule has 1 heterocycles. The van der Waals surface area contributed by atoms with E-state index in [1.165, 1.54) is 23.0 Å². The Morgan fingerprint density at radius 3 is 2.73 bits per heavy atom. The molecule has 1 atom stereocenters. The van der Waals surface area contributed by atoms with Crippen LogP contribution >= 0.6 is 11.8 Å². The number of carbonyl (C=O) groups is 1. The molecule has 140 valence electrons. The zero-order valence-electron chi connectivity index (χ0n) is 15.6. The van der Waals surface area contributed by atoms with Gasteiger partial charge in [-0.05, 0) is 60.7 Å². The summed E-state index contributed by atoms with van der Waals surface area (Å²) in [4.78, 5) is 14.4. The number of carbonyl (C=O) groups excluding carboxylic acids is 1. The lowest BCUT2D eigenvalue weighted by Gasteiger charge is -2.13. The summed E-state index contributed by atoms with van der Waals surface area (Å²) in [5.74, 6) is 0.0308. The molecular formula is C18H26N6OS. The van der Waals surface area contributed by atoms with Crippen molar-refractivity contribution in [3.05, 3.63) is 29.8 Å². The molecule has 0 aliphatic heterocycles. The Kier molecular flexibility index (Phi) is 6.13. The van der Waals surface area contributed by atoms with E-state index in [-0.39, 0.29) is 11.2 Å². The number of nitrogens with one attached hydrogen (secondary N) is 1. The molecule has 1 aromatic heterocycles. The van der Waals surface area contributed by atoms with E-state index >= 15 is 0 Å². The number of aromatic nitrogens is 4. The molecule has 2 aromatic rings. The number of anilines is 1. The zero-order valence-corrected chi connectivity index (χ0v) is 16.4. The molecule has 1 aliphatic rings. The summed E-state index contributed by atoms with van der Waals surface area (Å²) in [6.07, 6.45) is 4.11. The minimum atomic E-state index is -0.210. The highest BCUT2D eigenvalue weighted by Crippen LogP contribution is 2.37. The van der Waals surface area contributed by atoms with Gasteiger partial charge in [0.1, 0.15) is 0 Å². The van der Waals surface area contributed by atoms with E-state index < -0.39 is 0 Å². The van der Waals surface area contributed by atoms with E-state index in [1.807, 2.05) is 25.7 Å². The molecule has 0 saturated heterocycles. The Morgan fingerprint density at radius 2 is 2.08 bits per heavy atom. The van der Waals surface area contributed by atoms with Crippen LogP contribution < -0.4 is 10.2 Å². The number of aryl methyl sites for hydroxylation is 1. The predicted molar refractivity (Wildman–Crippen MR) is 104 cm³/mol. The van der Waals surface area contributed by atoms with Crippen molar-refractivity contribution in [2.75, 3.05) is 25.5 Å². The average molecular weight is 375 g/mol. The van der Waals surface area contributed by atoms with E-state index in [4.69, 9.17) is 0 Å². The van der Waals surface area contributed by atoms with Crippen molar-refractivity contribution >= 4 is 23.4 Å². The highest BCUT2D eigenvalue weighted by atomic mass is 32.2. The minimum absolute atomic E-state index is 0.0308. The summed E-state index contributed by atoms with van der Waals surface area (Å²) < 4.78 is 1.84. The largest absolute Gasteiger partial charge is 0.378 e. The molecule has 26 heavy (non-hydrogen) atoms. The summed E-state index contributed by atoms with van der Waals surface area (Å²) >= 11 is 1.42. The number of rotatable bonds is 9. The van der Waals surface area contributed by atoms with Crippen LogP contribution in [0.5, 0.6) is 0 Å². The summed E-state index contributed by atoms with van der Waals surface area (Å²) in [6, 6.07) is 8.95. The second kappa shape index (κ2) is 8.53. The van der Waals surface area contributed by atoms with Gasteiger partial charge in [-0.1, -0.05) is 23.9 Å². The first kappa shape index (κ1) is 18.7. The first-order valence-corrected chi connectivity index (χ1v) is 9.91. The van der Waals surface area contributed by atoms with Crippen molar-refractivity contribution in [2.45, 2.75) is 49.1 Å². The van der Waals surface area contributed by atoms with E-state index in [1.54, 1.807) is 0 Å². The van der Waals surface area contributed by atoms with Gasteiger partial charge in [0.15, 0.2) is 0 Å². The van der Waals surface area contributed by atoms with Crippen LogP contribution in [-0.2, 0) is 11.2 Å². The van der Waals surface area contributed by atoms with Gasteiger partial charge >= 0.3 is 0 Å². The fraction of sp³-hybridized carbons (Fsp3) is 0.556. The number of hydrogen-bond acceptors (Lipinski definition) is 6. The smallest absolute Gasteiger partial charge is 0.233 e. The lowest BCUT2D eigenvalue weighted by molar-refractivity contribution is -0.120. The Balaban J connectivity index is 1.38. The Bertz CT molecular complexity index is 726. The van der Waals surface area contributed by atoms with Crippen LogP contribution in [-0.4, -0.2) is 52.0 Å². The summed E-state index contributed by atoms with van der Waals surface area (Å²) in [5, 5.41) is 15.3. The molecule has 0 bridgehead atoms. The molecular weight excluding hydrogens is 348 g/mol. The number of hydrogen-bond donors (Lipinski definition) is 1. The number of benzene rings is 1. The van der Waals surface area contributed by atoms with Crippen molar-refractivity contribution in [3.8, 4) is 0 Å². The first-order valence-electron chi connectivity index (χ1n) is 9.03. The number of amides is 1. The van der Waals surface area contributed by atoms with Gasteiger partial charge in [0.2, 0.25) is 11.1 Å². The SMILES string of the molecule is C[C@@H](Sc1nnnn1C1CC1)C(=O)NCCCc1ccc(N(C)C)cc1. The molecule has 3 rings (SSSR count). The highest BCUT2D eigenvalue weighted by molar-refractivity contribution is 8.00. The molecule has 0 unspecified atom stereocenters. The standard InChI is InChI=1S/C18H26N6OS/c1-13(26-18-20-21-22-24(18)16-10-11-16)17(25)19-12-4-5-14-6-8-15(9-7-14)23(2)3/h6-9,13,16H,4-5,10-12H2,1-3H3,(H,19,25)/t13-/m1/s1. The van der Waals surface area contributed by atoms with Crippen LogP contribution in [0.2, 0.25) is 0 Å². The summed E-state index contributed by atoms with van der Waals surface area (Å²) in [7, 11) is 4.07. The van der Waals surface area contributed by atoms with Gasteiger partial charge in [-0.25, -0.2) is 4.68 Å². The molecule has 1 aromatic carbocycles. The number of nitrogens with zero attached hydrogens (tertiary/aromatic N) is 5. The van der Waals surface area contributed by atoms with Crippen LogP contribution in [0.15, 0.2) is 29.4 Å². The molecule has 1 amide bonds. The van der Waals surface area contributed by atoms with Gasteiger partial charge in [0, 0.05) is 26.3 Å². The zero-order chi connectivity index (χ0) is 18.5. The van der Waals surface area contributed by atoms with Crippen LogP contribution in [0.4, 0.5) is 5.69 Å². The van der Waals surface area contributed by atoms with Crippen molar-refractivity contribution in [1.82, 2.24) is 25.5 Å². The lowest BCUT2D eigenvalue weighted by atomic mass is 10.1. The number of tetrazole rings is 1. The van der Waals surface area contributed by atoms with Crippen LogP contribution in [0, 0.1) is 0 Å². The predicted octanol–water partition coefficient (Wildman–Crippen LogP) is 2.30. The Labute approximate surface area is 158 Å². The van der Waals surface area contributed by atoms with Gasteiger partial charge in [0.05, 0.1) is 11.3 Å². The van der Waals surface area contributed by atoms with Crippen molar-refractivity contribution < 1.29 is 4.79 Å². The minimum Gasteiger partial charge on any atom is -0.378 e. The fourth-order valence-corrected chi connectivity index (χ4v) is 3.52. The average Bonchev–Trinajstić information content (AvgIpc) is 3.38. The van der Waals surface area contributed by atoms with Gasteiger partial charge in [-0.3, -0.25) is 4.79 Å². The van der Waals surface area contributed by atoms with E-state index in [0.29, 0.717) is 12.6 Å². The van der Waals surface area contributed by atoms with Gasteiger partial charge in [0.25, 0.3) is 0 Å². The lowest BCUT2D eigenvalue weighted by Crippen LogP contribution is -2.32. The first-order chi connectivity index (χ1) is 12.5. The Hall–Kier alpha value is -2.09. The third-order valence-corrected chi connectivity index (χ3v) is 5.45. The molecule has 0 spiro atoms. The monoisotopic (exact) mass is 374 g/mol. The third kappa shape index (κ3) is 4.97. The molecule has 8 heteroatoms. The van der Waals surface area contributed by atoms with Crippen molar-refractivity contribution in [3.63, 3.8) is 0 Å². The second-order valence-electron chi connectivity index (χ2n) is 6.85. The van der Waals surface area contributed by atoms with Crippen LogP contribution in [0.3, 0.4) is 0 Å². The molecule has 1 saturated carbocycles. The summed E-state index contributed by atoms with van der Waals surface area (Å²) in [5.41, 5.74) is 2.48. The topological polar surface area (TPSA) is 75.9 Å². The second-order valence-corrected chi connectivity index (χ2v) is 8.16.